The number of carbonyl (C=O) groups excluding carboxylic acids is 3. The van der Waals surface area contributed by atoms with Crippen LogP contribution in [0.25, 0.3) is 11.1 Å². The second-order valence-electron chi connectivity index (χ2n) is 14.2. The summed E-state index contributed by atoms with van der Waals surface area (Å²) in [6.45, 7) is 11.1. The van der Waals surface area contributed by atoms with Crippen molar-refractivity contribution in [2.45, 2.75) is 90.8 Å². The van der Waals surface area contributed by atoms with Crippen LogP contribution < -0.4 is 10.6 Å². The van der Waals surface area contributed by atoms with Crippen LogP contribution in [0.3, 0.4) is 0 Å². The maximum atomic E-state index is 13.2. The molecule has 0 aromatic heterocycles. The summed E-state index contributed by atoms with van der Waals surface area (Å²) in [5.74, 6) is -0.731. The van der Waals surface area contributed by atoms with Crippen molar-refractivity contribution in [2.75, 3.05) is 26.2 Å². The van der Waals surface area contributed by atoms with Gasteiger partial charge < -0.3 is 34.7 Å². The molecule has 0 spiro atoms. The number of hydrogen-bond donors (Lipinski definition) is 3. The van der Waals surface area contributed by atoms with Gasteiger partial charge in [-0.25, -0.2) is 4.79 Å². The largest absolute Gasteiger partial charge is 0.465 e. The quantitative estimate of drug-likeness (QED) is 0.200. The molecule has 0 radical (unpaired) electrons. The van der Waals surface area contributed by atoms with Crippen molar-refractivity contribution >= 4 is 18.0 Å². The van der Waals surface area contributed by atoms with Crippen LogP contribution in [-0.2, 0) is 41.7 Å². The van der Waals surface area contributed by atoms with Gasteiger partial charge >= 0.3 is 18.0 Å². The molecule has 3 N–H and O–H groups in total. The summed E-state index contributed by atoms with van der Waals surface area (Å²) in [7, 11) is 0. The number of likely N-dealkylation sites (tertiary alicyclic amines) is 1. The van der Waals surface area contributed by atoms with Crippen molar-refractivity contribution in [1.29, 1.82) is 0 Å². The van der Waals surface area contributed by atoms with E-state index in [2.05, 4.69) is 28.5 Å². The highest BCUT2D eigenvalue weighted by Gasteiger charge is 2.42. The van der Waals surface area contributed by atoms with Gasteiger partial charge in [-0.1, -0.05) is 67.6 Å². The van der Waals surface area contributed by atoms with Gasteiger partial charge in [-0.05, 0) is 87.0 Å². The first-order valence-electron chi connectivity index (χ1n) is 17.8. The van der Waals surface area contributed by atoms with Crippen LogP contribution in [0.15, 0.2) is 72.8 Å². The lowest BCUT2D eigenvalue weighted by Crippen LogP contribution is -2.48. The summed E-state index contributed by atoms with van der Waals surface area (Å²) in [5.41, 5.74) is 4.91. The minimum absolute atomic E-state index is 0.0382. The van der Waals surface area contributed by atoms with E-state index in [0.29, 0.717) is 6.54 Å². The summed E-state index contributed by atoms with van der Waals surface area (Å²) in [5, 5.41) is 14.9. The van der Waals surface area contributed by atoms with Gasteiger partial charge in [0.1, 0.15) is 18.2 Å². The van der Waals surface area contributed by atoms with E-state index in [-0.39, 0.29) is 56.4 Å². The van der Waals surface area contributed by atoms with Gasteiger partial charge in [-0.3, -0.25) is 14.5 Å². The van der Waals surface area contributed by atoms with E-state index < -0.39 is 23.9 Å². The Morgan fingerprint density at radius 1 is 0.922 bits per heavy atom. The molecule has 2 amide bonds. The second kappa shape index (κ2) is 17.3. The lowest BCUT2D eigenvalue weighted by atomic mass is 9.89. The third-order valence-corrected chi connectivity index (χ3v) is 9.15. The van der Waals surface area contributed by atoms with Crippen LogP contribution in [-0.4, -0.2) is 72.0 Å². The molecule has 2 fully saturated rings. The predicted octanol–water partition coefficient (Wildman–Crippen LogP) is 5.81. The maximum absolute atomic E-state index is 13.2. The number of esters is 2. The molecule has 3 aromatic carbocycles. The number of benzene rings is 3. The van der Waals surface area contributed by atoms with Crippen LogP contribution in [0.4, 0.5) is 4.79 Å². The number of ether oxygens (including phenoxy) is 4. The van der Waals surface area contributed by atoms with Crippen molar-refractivity contribution in [1.82, 2.24) is 15.5 Å². The molecule has 0 unspecified atom stereocenters. The molecule has 11 heteroatoms. The van der Waals surface area contributed by atoms with Crippen molar-refractivity contribution < 1.29 is 38.4 Å². The Hall–Kier alpha value is -4.29. The zero-order chi connectivity index (χ0) is 36.5. The van der Waals surface area contributed by atoms with Gasteiger partial charge in [0, 0.05) is 24.6 Å². The number of carbonyl (C=O) groups is 3. The molecule has 2 aliphatic rings. The first-order valence-corrected chi connectivity index (χ1v) is 17.8. The summed E-state index contributed by atoms with van der Waals surface area (Å²) in [4.78, 5) is 39.2. The maximum Gasteiger partial charge on any atom is 0.325 e. The highest BCUT2D eigenvalue weighted by molar-refractivity contribution is 5.80. The van der Waals surface area contributed by atoms with Crippen LogP contribution >= 0.6 is 0 Å². The average Bonchev–Trinajstić information content (AvgIpc) is 3.59. The van der Waals surface area contributed by atoms with Gasteiger partial charge in [0.2, 0.25) is 0 Å². The van der Waals surface area contributed by atoms with Gasteiger partial charge in [0.05, 0.1) is 25.4 Å². The molecule has 11 nitrogen and oxygen atoms in total. The molecule has 5 rings (SSSR count). The Bertz CT molecular complexity index is 1640. The molecule has 0 saturated carbocycles. The molecule has 51 heavy (non-hydrogen) atoms. The Balaban J connectivity index is 1.34. The Labute approximate surface area is 300 Å². The molecule has 0 aliphatic carbocycles. The number of urea groups is 1. The zero-order valence-corrected chi connectivity index (χ0v) is 30.2. The number of rotatable bonds is 12. The van der Waals surface area contributed by atoms with Crippen molar-refractivity contribution in [3.63, 3.8) is 0 Å². The molecule has 2 aliphatic heterocycles. The second-order valence-corrected chi connectivity index (χ2v) is 14.2. The average molecular weight is 702 g/mol. The van der Waals surface area contributed by atoms with Gasteiger partial charge in [0.15, 0.2) is 6.29 Å². The molecular weight excluding hydrogens is 650 g/mol. The summed E-state index contributed by atoms with van der Waals surface area (Å²) >= 11 is 0. The van der Waals surface area contributed by atoms with E-state index in [1.807, 2.05) is 87.5 Å². The number of aliphatic hydroxyl groups is 1. The number of aliphatic hydroxyl groups excluding tert-OH is 1. The summed E-state index contributed by atoms with van der Waals surface area (Å²) < 4.78 is 24.1. The molecule has 0 bridgehead atoms. The fourth-order valence-electron chi connectivity index (χ4n) is 6.58. The lowest BCUT2D eigenvalue weighted by molar-refractivity contribution is -0.276. The lowest BCUT2D eigenvalue weighted by Gasteiger charge is -2.43. The number of nitrogens with zero attached hydrogens (tertiary/aromatic N) is 1. The Kier molecular flexibility index (Phi) is 12.9. The first-order chi connectivity index (χ1) is 24.4. The first kappa shape index (κ1) is 38.0. The third kappa shape index (κ3) is 10.4. The minimum atomic E-state index is -0.677. The molecule has 274 valence electrons. The van der Waals surface area contributed by atoms with Crippen LogP contribution in [0.2, 0.25) is 0 Å². The molecular formula is C40H51N3O8. The van der Waals surface area contributed by atoms with Gasteiger partial charge in [-0.2, -0.15) is 0 Å². The van der Waals surface area contributed by atoms with E-state index >= 15 is 0 Å². The number of amides is 2. The normalized spacial score (nSPS) is 22.3. The summed E-state index contributed by atoms with van der Waals surface area (Å²) in [6, 6.07) is 23.0. The monoisotopic (exact) mass is 701 g/mol. The third-order valence-electron chi connectivity index (χ3n) is 9.15. The molecule has 2 saturated heterocycles. The summed E-state index contributed by atoms with van der Waals surface area (Å²) in [6.07, 6.45) is 0.437. The van der Waals surface area contributed by atoms with Crippen molar-refractivity contribution in [3.05, 3.63) is 95.1 Å². The minimum Gasteiger partial charge on any atom is -0.465 e. The Morgan fingerprint density at radius 3 is 2.35 bits per heavy atom. The van der Waals surface area contributed by atoms with Crippen LogP contribution in [0.1, 0.15) is 82.1 Å². The zero-order valence-electron chi connectivity index (χ0n) is 30.2. The van der Waals surface area contributed by atoms with E-state index in [9.17, 15) is 19.5 Å². The van der Waals surface area contributed by atoms with E-state index in [1.165, 1.54) is 0 Å². The van der Waals surface area contributed by atoms with Crippen LogP contribution in [0.5, 0.6) is 0 Å². The van der Waals surface area contributed by atoms with Crippen molar-refractivity contribution in [3.8, 4) is 11.1 Å². The SMILES string of the molecule is CCOC(=O)CNC(=O)NCc1cccc(-c2cccc([C@H]3O[C@@H](CN4CCC[C@H]4C(=O)OC(C)(C)C)[C@@H](C)[C@@H](c4ccc(CO)cc4)O3)c2)c1. The topological polar surface area (TPSA) is 136 Å². The number of hydrogen-bond acceptors (Lipinski definition) is 9. The van der Waals surface area contributed by atoms with E-state index in [0.717, 1.165) is 52.8 Å². The van der Waals surface area contributed by atoms with Gasteiger partial charge in [0.25, 0.3) is 0 Å². The smallest absolute Gasteiger partial charge is 0.325 e. The van der Waals surface area contributed by atoms with Crippen LogP contribution in [0, 0.1) is 5.92 Å². The van der Waals surface area contributed by atoms with E-state index in [4.69, 9.17) is 18.9 Å². The Morgan fingerprint density at radius 2 is 1.65 bits per heavy atom. The molecule has 2 heterocycles. The molecule has 3 aromatic rings. The highest BCUT2D eigenvalue weighted by Crippen LogP contribution is 2.43. The standard InChI is InChI=1S/C40H51N3O8/c1-6-48-35(45)23-42-39(47)41-22-28-10-7-11-30(20-28)31-12-8-13-32(21-31)38-49-34(24-43-19-9-14-33(43)37(46)51-40(3,4)5)26(2)36(50-38)29-17-15-27(25-44)16-18-29/h7-8,10-13,15-18,20-21,26,33-34,36,38,44H,6,9,14,19,22-25H2,1-5H3,(H2,41,42,47)/t26-,33+,34+,36+,38+/m1/s1. The highest BCUT2D eigenvalue weighted by atomic mass is 16.7. The number of nitrogens with one attached hydrogen (secondary N) is 2. The van der Waals surface area contributed by atoms with E-state index in [1.54, 1.807) is 6.92 Å². The predicted molar refractivity (Wildman–Crippen MR) is 192 cm³/mol. The fourth-order valence-corrected chi connectivity index (χ4v) is 6.58. The van der Waals surface area contributed by atoms with Gasteiger partial charge in [-0.15, -0.1) is 0 Å². The fraction of sp³-hybridized carbons (Fsp3) is 0.475. The van der Waals surface area contributed by atoms with Crippen molar-refractivity contribution in [2.24, 2.45) is 5.92 Å². The molecule has 5 atom stereocenters.